The Kier molecular flexibility index (Phi) is 5.45. The number of quaternary nitrogens is 1. The number of ether oxygens (including phenoxy) is 1. The smallest absolute Gasteiger partial charge is 0.416 e. The first-order valence-corrected chi connectivity index (χ1v) is 7.56. The number of hydrogen-bond acceptors (Lipinski definition) is 2. The van der Waals surface area contributed by atoms with Gasteiger partial charge in [0, 0.05) is 18.4 Å². The van der Waals surface area contributed by atoms with Crippen LogP contribution in [0, 0.1) is 5.92 Å². The Morgan fingerprint density at radius 1 is 1.23 bits per heavy atom. The van der Waals surface area contributed by atoms with Gasteiger partial charge in [-0.2, -0.15) is 13.2 Å². The molecule has 0 unspecified atom stereocenters. The van der Waals surface area contributed by atoms with Crippen molar-refractivity contribution in [2.75, 3.05) is 19.7 Å². The van der Waals surface area contributed by atoms with Gasteiger partial charge in [-0.05, 0) is 19.1 Å². The van der Waals surface area contributed by atoms with E-state index in [4.69, 9.17) is 4.74 Å². The number of benzene rings is 1. The average molecular weight is 316 g/mol. The van der Waals surface area contributed by atoms with E-state index in [1.807, 2.05) is 0 Å². The number of rotatable bonds is 4. The van der Waals surface area contributed by atoms with Crippen LogP contribution in [0.4, 0.5) is 13.2 Å². The lowest BCUT2D eigenvalue weighted by Gasteiger charge is -2.28. The molecule has 3 nitrogen and oxygen atoms in total. The highest BCUT2D eigenvalue weighted by Gasteiger charge is 2.31. The van der Waals surface area contributed by atoms with Crippen molar-refractivity contribution in [3.63, 3.8) is 0 Å². The fourth-order valence-corrected chi connectivity index (χ4v) is 2.80. The van der Waals surface area contributed by atoms with E-state index < -0.39 is 11.7 Å². The molecule has 0 spiro atoms. The van der Waals surface area contributed by atoms with Crippen molar-refractivity contribution in [2.45, 2.75) is 32.5 Å². The van der Waals surface area contributed by atoms with Gasteiger partial charge in [-0.25, -0.2) is 0 Å². The molecule has 1 saturated heterocycles. The molecule has 0 aliphatic carbocycles. The Morgan fingerprint density at radius 3 is 2.32 bits per heavy atom. The number of piperidine rings is 1. The topological polar surface area (TPSA) is 30.7 Å². The number of likely N-dealkylation sites (tertiary alicyclic amines) is 1. The Hall–Kier alpha value is -1.56. The van der Waals surface area contributed by atoms with Crippen LogP contribution in [0.5, 0.6) is 0 Å². The maximum Gasteiger partial charge on any atom is 0.416 e. The number of alkyl halides is 3. The quantitative estimate of drug-likeness (QED) is 0.862. The maximum atomic E-state index is 12.5. The molecule has 1 fully saturated rings. The molecule has 22 heavy (non-hydrogen) atoms. The third-order valence-corrected chi connectivity index (χ3v) is 4.05. The normalized spacial score (nSPS) is 22.4. The summed E-state index contributed by atoms with van der Waals surface area (Å²) in [5.41, 5.74) is 0.268. The molecular weight excluding hydrogens is 295 g/mol. The van der Waals surface area contributed by atoms with E-state index in [0.29, 0.717) is 13.2 Å². The third-order valence-electron chi connectivity index (χ3n) is 4.05. The summed E-state index contributed by atoms with van der Waals surface area (Å²) in [6.45, 7) is 4.56. The number of nitrogens with one attached hydrogen (secondary N) is 1. The van der Waals surface area contributed by atoms with Crippen molar-refractivity contribution in [2.24, 2.45) is 5.92 Å². The van der Waals surface area contributed by atoms with E-state index in [0.717, 1.165) is 43.6 Å². The number of carbonyl (C=O) groups is 1. The Morgan fingerprint density at radius 2 is 1.82 bits per heavy atom. The zero-order chi connectivity index (χ0) is 16.2. The number of esters is 1. The fourth-order valence-electron chi connectivity index (χ4n) is 2.80. The van der Waals surface area contributed by atoms with E-state index in [9.17, 15) is 18.0 Å². The van der Waals surface area contributed by atoms with Gasteiger partial charge < -0.3 is 9.64 Å². The van der Waals surface area contributed by atoms with Crippen molar-refractivity contribution in [1.82, 2.24) is 0 Å². The maximum absolute atomic E-state index is 12.5. The summed E-state index contributed by atoms with van der Waals surface area (Å²) < 4.78 is 42.6. The predicted octanol–water partition coefficient (Wildman–Crippen LogP) is 2.06. The minimum absolute atomic E-state index is 0.0312. The molecule has 1 heterocycles. The van der Waals surface area contributed by atoms with Crippen LogP contribution in [0.1, 0.15) is 30.9 Å². The van der Waals surface area contributed by atoms with Gasteiger partial charge in [-0.3, -0.25) is 4.79 Å². The highest BCUT2D eigenvalue weighted by molar-refractivity contribution is 5.72. The lowest BCUT2D eigenvalue weighted by molar-refractivity contribution is -0.919. The SMILES string of the molecule is CCOC(=O)C1CC[NH+](Cc2ccc(C(F)(F)F)cc2)CC1. The van der Waals surface area contributed by atoms with Crippen molar-refractivity contribution in [3.05, 3.63) is 35.4 Å². The molecule has 1 aliphatic heterocycles. The molecule has 6 heteroatoms. The summed E-state index contributed by atoms with van der Waals surface area (Å²) in [4.78, 5) is 12.9. The summed E-state index contributed by atoms with van der Waals surface area (Å²) in [6.07, 6.45) is -2.74. The number of carbonyl (C=O) groups excluding carboxylic acids is 1. The fraction of sp³-hybridized carbons (Fsp3) is 0.562. The number of halogens is 3. The molecule has 0 saturated carbocycles. The van der Waals surface area contributed by atoms with Crippen LogP contribution in [-0.2, 0) is 22.3 Å². The highest BCUT2D eigenvalue weighted by Crippen LogP contribution is 2.29. The standard InChI is InChI=1S/C16H20F3NO2/c1-2-22-15(21)13-7-9-20(10-8-13)11-12-3-5-14(6-4-12)16(17,18)19/h3-6,13H,2,7-11H2,1H3/p+1. The zero-order valence-electron chi connectivity index (χ0n) is 12.6. The predicted molar refractivity (Wildman–Crippen MR) is 75.2 cm³/mol. The van der Waals surface area contributed by atoms with Crippen molar-refractivity contribution < 1.29 is 27.6 Å². The van der Waals surface area contributed by atoms with E-state index >= 15 is 0 Å². The van der Waals surface area contributed by atoms with Gasteiger partial charge >= 0.3 is 12.1 Å². The molecule has 0 bridgehead atoms. The Balaban J connectivity index is 1.84. The molecule has 0 radical (unpaired) electrons. The van der Waals surface area contributed by atoms with Crippen LogP contribution >= 0.6 is 0 Å². The summed E-state index contributed by atoms with van der Waals surface area (Å²) in [5.74, 6) is -0.160. The van der Waals surface area contributed by atoms with Crippen LogP contribution in [-0.4, -0.2) is 25.7 Å². The largest absolute Gasteiger partial charge is 0.466 e. The molecule has 0 aromatic heterocycles. The Labute approximate surface area is 128 Å². The van der Waals surface area contributed by atoms with Gasteiger partial charge in [-0.1, -0.05) is 12.1 Å². The summed E-state index contributed by atoms with van der Waals surface area (Å²) in [5, 5.41) is 0. The Bertz CT molecular complexity index is 491. The second-order valence-corrected chi connectivity index (χ2v) is 5.65. The van der Waals surface area contributed by atoms with Crippen molar-refractivity contribution >= 4 is 5.97 Å². The second kappa shape index (κ2) is 7.13. The summed E-state index contributed by atoms with van der Waals surface area (Å²) >= 11 is 0. The molecule has 0 atom stereocenters. The molecule has 1 aromatic carbocycles. The van der Waals surface area contributed by atoms with Crippen molar-refractivity contribution in [1.29, 1.82) is 0 Å². The molecule has 1 aliphatic rings. The summed E-state index contributed by atoms with van der Waals surface area (Å²) in [7, 11) is 0. The van der Waals surface area contributed by atoms with E-state index in [2.05, 4.69) is 0 Å². The molecule has 122 valence electrons. The monoisotopic (exact) mass is 316 g/mol. The summed E-state index contributed by atoms with van der Waals surface area (Å²) in [6, 6.07) is 5.32. The van der Waals surface area contributed by atoms with Crippen LogP contribution in [0.15, 0.2) is 24.3 Å². The van der Waals surface area contributed by atoms with Gasteiger partial charge in [0.15, 0.2) is 0 Å². The lowest BCUT2D eigenvalue weighted by atomic mass is 9.96. The van der Waals surface area contributed by atoms with Gasteiger partial charge in [-0.15, -0.1) is 0 Å². The average Bonchev–Trinajstić information content (AvgIpc) is 2.48. The van der Waals surface area contributed by atoms with Gasteiger partial charge in [0.05, 0.1) is 31.2 Å². The minimum Gasteiger partial charge on any atom is -0.466 e. The van der Waals surface area contributed by atoms with E-state index in [1.165, 1.54) is 17.0 Å². The van der Waals surface area contributed by atoms with Crippen LogP contribution in [0.25, 0.3) is 0 Å². The lowest BCUT2D eigenvalue weighted by Crippen LogP contribution is -3.11. The molecular formula is C16H21F3NO2+. The molecule has 1 aromatic rings. The molecule has 0 amide bonds. The third kappa shape index (κ3) is 4.47. The van der Waals surface area contributed by atoms with Crippen molar-refractivity contribution in [3.8, 4) is 0 Å². The zero-order valence-corrected chi connectivity index (χ0v) is 12.6. The first-order chi connectivity index (χ1) is 10.4. The van der Waals surface area contributed by atoms with E-state index in [-0.39, 0.29) is 11.9 Å². The van der Waals surface area contributed by atoms with E-state index in [1.54, 1.807) is 6.92 Å². The number of hydrogen-bond donors (Lipinski definition) is 1. The molecule has 1 N–H and O–H groups in total. The first-order valence-electron chi connectivity index (χ1n) is 7.56. The van der Waals surface area contributed by atoms with Crippen LogP contribution in [0.2, 0.25) is 0 Å². The highest BCUT2D eigenvalue weighted by atomic mass is 19.4. The van der Waals surface area contributed by atoms with Gasteiger partial charge in [0.1, 0.15) is 6.54 Å². The van der Waals surface area contributed by atoms with Gasteiger partial charge in [0.2, 0.25) is 0 Å². The minimum atomic E-state index is -4.29. The molecule has 2 rings (SSSR count). The van der Waals surface area contributed by atoms with Gasteiger partial charge in [0.25, 0.3) is 0 Å². The first kappa shape index (κ1) is 16.8. The van der Waals surface area contributed by atoms with Crippen LogP contribution in [0.3, 0.4) is 0 Å². The van der Waals surface area contributed by atoms with Crippen LogP contribution < -0.4 is 4.90 Å². The second-order valence-electron chi connectivity index (χ2n) is 5.65.